The Kier molecular flexibility index (Phi) is 7.39. The Balaban J connectivity index is 0.000000233. The van der Waals surface area contributed by atoms with Crippen LogP contribution in [0.15, 0.2) is 48.5 Å². The van der Waals surface area contributed by atoms with Gasteiger partial charge in [-0.1, -0.05) is 30.3 Å². The molecule has 0 saturated heterocycles. The Labute approximate surface area is 159 Å². The number of anilines is 1. The second kappa shape index (κ2) is 9.75. The lowest BCUT2D eigenvalue weighted by molar-refractivity contribution is -0.137. The molecule has 0 bridgehead atoms. The van der Waals surface area contributed by atoms with Crippen molar-refractivity contribution in [1.29, 1.82) is 0 Å². The first-order valence-corrected chi connectivity index (χ1v) is 8.41. The second-order valence-electron chi connectivity index (χ2n) is 5.87. The van der Waals surface area contributed by atoms with Gasteiger partial charge in [0.05, 0.1) is 16.6 Å². The number of methoxy groups -OCH3 is 1. The highest BCUT2D eigenvalue weighted by Gasteiger charge is 2.30. The largest absolute Gasteiger partial charge is 0.416 e. The minimum absolute atomic E-state index is 0.0530. The number of carbonyl (C=O) groups is 1. The van der Waals surface area contributed by atoms with Crippen molar-refractivity contribution >= 4 is 22.9 Å². The molecule has 3 rings (SSSR count). The van der Waals surface area contributed by atoms with Gasteiger partial charge in [-0.25, -0.2) is 4.98 Å². The number of nitrogens with zero attached hydrogens (tertiary/aromatic N) is 1. The zero-order chi connectivity index (χ0) is 20.6. The smallest absolute Gasteiger partial charge is 0.375 e. The molecule has 0 atom stereocenters. The lowest BCUT2D eigenvalue weighted by Crippen LogP contribution is -2.29. The molecule has 0 aliphatic heterocycles. The minimum atomic E-state index is -4.34. The van der Waals surface area contributed by atoms with E-state index in [4.69, 9.17) is 5.73 Å². The van der Waals surface area contributed by atoms with Crippen molar-refractivity contribution < 1.29 is 22.7 Å². The molecule has 0 aliphatic rings. The van der Waals surface area contributed by atoms with E-state index < -0.39 is 11.7 Å². The number of amides is 1. The summed E-state index contributed by atoms with van der Waals surface area (Å²) in [5.41, 5.74) is 7.18. The highest BCUT2D eigenvalue weighted by Crippen LogP contribution is 2.29. The molecular weight excluding hydrogens is 373 g/mol. The monoisotopic (exact) mass is 394 g/mol. The molecule has 1 aromatic heterocycles. The number of fused-ring (bicyclic) bond motifs is 1. The summed E-state index contributed by atoms with van der Waals surface area (Å²) in [4.78, 5) is 18.0. The first-order valence-electron chi connectivity index (χ1n) is 8.41. The van der Waals surface area contributed by atoms with Gasteiger partial charge in [0.15, 0.2) is 5.95 Å². The van der Waals surface area contributed by atoms with E-state index in [1.54, 1.807) is 6.07 Å². The number of hydrogen-bond acceptors (Lipinski definition) is 4. The van der Waals surface area contributed by atoms with Crippen molar-refractivity contribution in [3.8, 4) is 0 Å². The van der Waals surface area contributed by atoms with Crippen molar-refractivity contribution in [3.05, 3.63) is 59.7 Å². The summed E-state index contributed by atoms with van der Waals surface area (Å²) in [5, 5.41) is 2.55. The van der Waals surface area contributed by atoms with Gasteiger partial charge in [0.25, 0.3) is 0 Å². The molecule has 6 nitrogen and oxygen atoms in total. The zero-order valence-electron chi connectivity index (χ0n) is 15.2. The van der Waals surface area contributed by atoms with Gasteiger partial charge in [0.1, 0.15) is 6.61 Å². The Bertz CT molecular complexity index is 876. The van der Waals surface area contributed by atoms with E-state index in [-0.39, 0.29) is 19.1 Å². The predicted octanol–water partition coefficient (Wildman–Crippen LogP) is 3.16. The molecule has 0 spiro atoms. The number of imidazole rings is 1. The molecule has 3 aromatic rings. The number of alkyl halides is 3. The quantitative estimate of drug-likeness (QED) is 0.620. The molecule has 1 heterocycles. The third kappa shape index (κ3) is 6.58. The minimum Gasteiger partial charge on any atom is -0.375 e. The molecule has 2 aromatic carbocycles. The number of hydrogen-bond donors (Lipinski definition) is 3. The van der Waals surface area contributed by atoms with Crippen LogP contribution in [0.25, 0.3) is 11.0 Å². The Morgan fingerprint density at radius 3 is 2.64 bits per heavy atom. The molecule has 9 heteroatoms. The standard InChI is InChI=1S/C12H14F3NO2.C7H7N3/c1-18-8-11(17)16-6-5-9-3-2-4-10(7-9)12(13,14)15;8-7-9-5-3-1-2-4-6(5)10-7/h2-4,7H,5-6,8H2,1H3,(H,16,17);1-4H,(H3,8,9,10). The molecule has 0 radical (unpaired) electrons. The van der Waals surface area contributed by atoms with Crippen LogP contribution in [0.3, 0.4) is 0 Å². The molecular formula is C19H21F3N4O2. The number of rotatable bonds is 5. The van der Waals surface area contributed by atoms with Gasteiger partial charge in [-0.2, -0.15) is 13.2 Å². The highest BCUT2D eigenvalue weighted by molar-refractivity contribution is 5.77. The van der Waals surface area contributed by atoms with Crippen LogP contribution in [0.4, 0.5) is 19.1 Å². The third-order valence-corrected chi connectivity index (χ3v) is 3.67. The molecule has 0 aliphatic carbocycles. The fraction of sp³-hybridized carbons (Fsp3) is 0.263. The fourth-order valence-electron chi connectivity index (χ4n) is 2.40. The predicted molar refractivity (Wildman–Crippen MR) is 101 cm³/mol. The van der Waals surface area contributed by atoms with E-state index >= 15 is 0 Å². The molecule has 150 valence electrons. The number of carbonyl (C=O) groups excluding carboxylic acids is 1. The number of nitrogens with two attached hydrogens (primary N) is 1. The van der Waals surface area contributed by atoms with Crippen LogP contribution in [0.5, 0.6) is 0 Å². The number of para-hydroxylation sites is 2. The van der Waals surface area contributed by atoms with Crippen molar-refractivity contribution in [2.24, 2.45) is 0 Å². The summed E-state index contributed by atoms with van der Waals surface area (Å²) in [6.07, 6.45) is -3.99. The highest BCUT2D eigenvalue weighted by atomic mass is 19.4. The number of nitrogens with one attached hydrogen (secondary N) is 2. The second-order valence-corrected chi connectivity index (χ2v) is 5.87. The van der Waals surface area contributed by atoms with Crippen molar-refractivity contribution in [1.82, 2.24) is 15.3 Å². The van der Waals surface area contributed by atoms with E-state index in [1.807, 2.05) is 24.3 Å². The number of aromatic nitrogens is 2. The molecule has 0 unspecified atom stereocenters. The van der Waals surface area contributed by atoms with Gasteiger partial charge in [0, 0.05) is 13.7 Å². The number of aromatic amines is 1. The summed E-state index contributed by atoms with van der Waals surface area (Å²) in [6.45, 7) is 0.228. The molecule has 0 fully saturated rings. The van der Waals surface area contributed by atoms with E-state index in [0.717, 1.165) is 23.2 Å². The average Bonchev–Trinajstić information content (AvgIpc) is 3.02. The fourth-order valence-corrected chi connectivity index (χ4v) is 2.40. The lowest BCUT2D eigenvalue weighted by atomic mass is 10.1. The topological polar surface area (TPSA) is 93.0 Å². The summed E-state index contributed by atoms with van der Waals surface area (Å²) in [6, 6.07) is 12.8. The molecule has 1 amide bonds. The first kappa shape index (κ1) is 21.2. The Hall–Kier alpha value is -3.07. The summed E-state index contributed by atoms with van der Waals surface area (Å²) < 4.78 is 41.9. The molecule has 28 heavy (non-hydrogen) atoms. The summed E-state index contributed by atoms with van der Waals surface area (Å²) in [7, 11) is 1.40. The van der Waals surface area contributed by atoms with Crippen molar-refractivity contribution in [3.63, 3.8) is 0 Å². The maximum atomic E-state index is 12.4. The van der Waals surface area contributed by atoms with Crippen molar-refractivity contribution in [2.45, 2.75) is 12.6 Å². The van der Waals surface area contributed by atoms with E-state index in [9.17, 15) is 18.0 Å². The number of benzene rings is 2. The van der Waals surface area contributed by atoms with Crippen LogP contribution < -0.4 is 11.1 Å². The normalized spacial score (nSPS) is 11.0. The SMILES string of the molecule is COCC(=O)NCCc1cccc(C(F)(F)F)c1.Nc1nc2ccccc2[nH]1. The Morgan fingerprint density at radius 1 is 1.21 bits per heavy atom. The van der Waals surface area contributed by atoms with E-state index in [0.29, 0.717) is 17.9 Å². The van der Waals surface area contributed by atoms with Gasteiger partial charge < -0.3 is 20.8 Å². The first-order chi connectivity index (χ1) is 13.3. The van der Waals surface area contributed by atoms with Gasteiger partial charge in [-0.05, 0) is 30.2 Å². The van der Waals surface area contributed by atoms with Crippen LogP contribution in [-0.4, -0.2) is 36.1 Å². The van der Waals surface area contributed by atoms with Crippen LogP contribution in [0.2, 0.25) is 0 Å². The van der Waals surface area contributed by atoms with Crippen LogP contribution in [-0.2, 0) is 22.1 Å². The Morgan fingerprint density at radius 2 is 1.96 bits per heavy atom. The van der Waals surface area contributed by atoms with Crippen LogP contribution in [0, 0.1) is 0 Å². The maximum absolute atomic E-state index is 12.4. The number of ether oxygens (including phenoxy) is 1. The number of nitrogen functional groups attached to an aromatic ring is 1. The maximum Gasteiger partial charge on any atom is 0.416 e. The van der Waals surface area contributed by atoms with Crippen LogP contribution in [0.1, 0.15) is 11.1 Å². The lowest BCUT2D eigenvalue weighted by Gasteiger charge is -2.09. The summed E-state index contributed by atoms with van der Waals surface area (Å²) in [5.74, 6) is 0.186. The summed E-state index contributed by atoms with van der Waals surface area (Å²) >= 11 is 0. The average molecular weight is 394 g/mol. The van der Waals surface area contributed by atoms with E-state index in [2.05, 4.69) is 20.0 Å². The molecule has 4 N–H and O–H groups in total. The van der Waals surface area contributed by atoms with E-state index in [1.165, 1.54) is 13.2 Å². The van der Waals surface area contributed by atoms with Crippen molar-refractivity contribution in [2.75, 3.05) is 26.0 Å². The third-order valence-electron chi connectivity index (χ3n) is 3.67. The molecule has 0 saturated carbocycles. The van der Waals surface area contributed by atoms with Gasteiger partial charge in [-0.15, -0.1) is 0 Å². The van der Waals surface area contributed by atoms with Gasteiger partial charge >= 0.3 is 6.18 Å². The van der Waals surface area contributed by atoms with Gasteiger partial charge in [-0.3, -0.25) is 4.79 Å². The van der Waals surface area contributed by atoms with Gasteiger partial charge in [0.2, 0.25) is 5.91 Å². The van der Waals surface area contributed by atoms with Crippen LogP contribution >= 0.6 is 0 Å². The zero-order valence-corrected chi connectivity index (χ0v) is 15.2. The number of H-pyrrole nitrogens is 1. The number of halogens is 3.